The summed E-state index contributed by atoms with van der Waals surface area (Å²) in [6.45, 7) is 0. The summed E-state index contributed by atoms with van der Waals surface area (Å²) in [5, 5.41) is 13.7. The molecule has 4 rings (SSSR count). The molecule has 172 valence electrons. The van der Waals surface area contributed by atoms with Gasteiger partial charge in [0.2, 0.25) is 5.91 Å². The average molecular weight is 547 g/mol. The van der Waals surface area contributed by atoms with Crippen molar-refractivity contribution < 1.29 is 18.5 Å². The van der Waals surface area contributed by atoms with Gasteiger partial charge in [-0.2, -0.15) is 0 Å². The lowest BCUT2D eigenvalue weighted by molar-refractivity contribution is -0.384. The Hall–Kier alpha value is -3.64. The summed E-state index contributed by atoms with van der Waals surface area (Å²) in [4.78, 5) is 40.4. The molecule has 1 amide bonds. The Morgan fingerprint density at radius 3 is 2.62 bits per heavy atom. The van der Waals surface area contributed by atoms with Gasteiger partial charge in [-0.3, -0.25) is 24.3 Å². The predicted octanol–water partition coefficient (Wildman–Crippen LogP) is 5.07. The highest BCUT2D eigenvalue weighted by Crippen LogP contribution is 2.28. The number of nitro groups is 1. The van der Waals surface area contributed by atoms with Crippen molar-refractivity contribution in [2.75, 3.05) is 11.1 Å². The van der Waals surface area contributed by atoms with Gasteiger partial charge in [0, 0.05) is 22.7 Å². The Labute approximate surface area is 202 Å². The second-order valence-corrected chi connectivity index (χ2v) is 8.70. The summed E-state index contributed by atoms with van der Waals surface area (Å²) in [6.07, 6.45) is 0. The molecule has 1 heterocycles. The number of nitrogens with one attached hydrogen (secondary N) is 1. The number of amides is 1. The molecule has 0 aliphatic heterocycles. The van der Waals surface area contributed by atoms with Gasteiger partial charge >= 0.3 is 0 Å². The van der Waals surface area contributed by atoms with Crippen molar-refractivity contribution in [3.63, 3.8) is 0 Å². The van der Waals surface area contributed by atoms with E-state index in [4.69, 9.17) is 0 Å². The fraction of sp³-hybridized carbons (Fsp3) is 0.0455. The van der Waals surface area contributed by atoms with E-state index in [1.165, 1.54) is 24.3 Å². The zero-order valence-electron chi connectivity index (χ0n) is 17.0. The van der Waals surface area contributed by atoms with Crippen LogP contribution in [0, 0.1) is 21.7 Å². The van der Waals surface area contributed by atoms with Crippen LogP contribution in [0.5, 0.6) is 0 Å². The zero-order valence-corrected chi connectivity index (χ0v) is 19.4. The number of anilines is 1. The maximum atomic E-state index is 14.5. The molecule has 34 heavy (non-hydrogen) atoms. The van der Waals surface area contributed by atoms with E-state index in [1.54, 1.807) is 18.2 Å². The summed E-state index contributed by atoms with van der Waals surface area (Å²) in [7, 11) is 0. The minimum Gasteiger partial charge on any atom is -0.324 e. The van der Waals surface area contributed by atoms with Crippen LogP contribution in [0.1, 0.15) is 0 Å². The van der Waals surface area contributed by atoms with Gasteiger partial charge in [-0.15, -0.1) is 0 Å². The van der Waals surface area contributed by atoms with Crippen LogP contribution in [0.2, 0.25) is 0 Å². The smallest absolute Gasteiger partial charge is 0.270 e. The van der Waals surface area contributed by atoms with Crippen molar-refractivity contribution in [1.29, 1.82) is 0 Å². The lowest BCUT2D eigenvalue weighted by atomic mass is 10.2. The summed E-state index contributed by atoms with van der Waals surface area (Å²) in [5.41, 5.74) is -0.260. The fourth-order valence-electron chi connectivity index (χ4n) is 3.12. The maximum absolute atomic E-state index is 14.5. The quantitative estimate of drug-likeness (QED) is 0.157. The minimum atomic E-state index is -0.958. The van der Waals surface area contributed by atoms with Gasteiger partial charge in [0.25, 0.3) is 11.2 Å². The third kappa shape index (κ3) is 4.82. The zero-order chi connectivity index (χ0) is 24.4. The highest BCUT2D eigenvalue weighted by molar-refractivity contribution is 9.10. The maximum Gasteiger partial charge on any atom is 0.270 e. The highest BCUT2D eigenvalue weighted by atomic mass is 79.9. The fourth-order valence-corrected chi connectivity index (χ4v) is 4.39. The van der Waals surface area contributed by atoms with Gasteiger partial charge in [0.1, 0.15) is 11.6 Å². The number of non-ortho nitro benzene ring substituents is 1. The molecule has 0 spiro atoms. The van der Waals surface area contributed by atoms with Crippen molar-refractivity contribution in [1.82, 2.24) is 9.55 Å². The number of carbonyl (C=O) groups excluding carboxylic acids is 1. The number of nitro benzene ring substituents is 1. The number of para-hydroxylation sites is 1. The molecule has 0 aliphatic rings. The van der Waals surface area contributed by atoms with Crippen LogP contribution in [0.15, 0.2) is 75.1 Å². The van der Waals surface area contributed by atoms with E-state index in [0.29, 0.717) is 21.7 Å². The number of carbonyl (C=O) groups is 1. The molecule has 0 bridgehead atoms. The Bertz CT molecular complexity index is 1510. The van der Waals surface area contributed by atoms with Crippen LogP contribution in [0.3, 0.4) is 0 Å². The first-order valence-corrected chi connectivity index (χ1v) is 11.4. The normalized spacial score (nSPS) is 10.9. The van der Waals surface area contributed by atoms with E-state index >= 15 is 0 Å². The third-order valence-electron chi connectivity index (χ3n) is 4.67. The summed E-state index contributed by atoms with van der Waals surface area (Å²) in [6, 6.07) is 13.1. The molecule has 1 aromatic heterocycles. The molecule has 0 radical (unpaired) electrons. The van der Waals surface area contributed by atoms with Crippen molar-refractivity contribution in [2.24, 2.45) is 0 Å². The molecular weight excluding hydrogens is 534 g/mol. The monoisotopic (exact) mass is 546 g/mol. The molecule has 0 unspecified atom stereocenters. The number of benzene rings is 3. The van der Waals surface area contributed by atoms with Crippen LogP contribution >= 0.6 is 27.7 Å². The number of rotatable bonds is 6. The van der Waals surface area contributed by atoms with Crippen molar-refractivity contribution in [3.05, 3.63) is 97.2 Å². The first-order chi connectivity index (χ1) is 16.2. The number of hydrogen-bond acceptors (Lipinski definition) is 6. The van der Waals surface area contributed by atoms with Crippen molar-refractivity contribution >= 4 is 55.9 Å². The van der Waals surface area contributed by atoms with Gasteiger partial charge < -0.3 is 5.32 Å². The lowest BCUT2D eigenvalue weighted by Gasteiger charge is -2.14. The molecule has 8 nitrogen and oxygen atoms in total. The molecule has 0 saturated carbocycles. The standard InChI is InChI=1S/C22H13BrF2N4O4S/c23-15-10-13(29(32)33)6-7-18(15)26-20(30)11-34-22-27-17-4-2-1-3-14(17)21(31)28(22)19-8-5-12(24)9-16(19)25/h1-10H,11H2,(H,26,30). The summed E-state index contributed by atoms with van der Waals surface area (Å²) in [5.74, 6) is -2.46. The largest absolute Gasteiger partial charge is 0.324 e. The van der Waals surface area contributed by atoms with Gasteiger partial charge in [0.15, 0.2) is 5.16 Å². The van der Waals surface area contributed by atoms with Crippen LogP contribution in [0.4, 0.5) is 20.2 Å². The highest BCUT2D eigenvalue weighted by Gasteiger charge is 2.18. The molecule has 0 saturated heterocycles. The van der Waals surface area contributed by atoms with Gasteiger partial charge in [0.05, 0.1) is 33.0 Å². The Balaban J connectivity index is 1.66. The molecular formula is C22H13BrF2N4O4S. The van der Waals surface area contributed by atoms with E-state index in [2.05, 4.69) is 26.2 Å². The van der Waals surface area contributed by atoms with Crippen molar-refractivity contribution in [2.45, 2.75) is 5.16 Å². The first-order valence-electron chi connectivity index (χ1n) is 9.58. The number of fused-ring (bicyclic) bond motifs is 1. The van der Waals surface area contributed by atoms with Crippen LogP contribution in [-0.2, 0) is 4.79 Å². The van der Waals surface area contributed by atoms with E-state index in [0.717, 1.165) is 28.5 Å². The lowest BCUT2D eigenvalue weighted by Crippen LogP contribution is -2.23. The number of nitrogens with zero attached hydrogens (tertiary/aromatic N) is 3. The second kappa shape index (κ2) is 9.69. The van der Waals surface area contributed by atoms with Crippen LogP contribution < -0.4 is 10.9 Å². The molecule has 12 heteroatoms. The minimum absolute atomic E-state index is 0.0344. The number of hydrogen-bond donors (Lipinski definition) is 1. The van der Waals surface area contributed by atoms with E-state index in [-0.39, 0.29) is 27.7 Å². The molecule has 3 aromatic carbocycles. The van der Waals surface area contributed by atoms with E-state index < -0.39 is 28.0 Å². The number of aromatic nitrogens is 2. The Kier molecular flexibility index (Phi) is 6.70. The predicted molar refractivity (Wildman–Crippen MR) is 127 cm³/mol. The summed E-state index contributed by atoms with van der Waals surface area (Å²) >= 11 is 4.06. The molecule has 4 aromatic rings. The van der Waals surface area contributed by atoms with Crippen LogP contribution in [-0.4, -0.2) is 26.1 Å². The van der Waals surface area contributed by atoms with E-state index in [9.17, 15) is 28.5 Å². The van der Waals surface area contributed by atoms with Crippen molar-refractivity contribution in [3.8, 4) is 5.69 Å². The topological polar surface area (TPSA) is 107 Å². The third-order valence-corrected chi connectivity index (χ3v) is 6.26. The Morgan fingerprint density at radius 2 is 1.91 bits per heavy atom. The average Bonchev–Trinajstić information content (AvgIpc) is 2.80. The molecule has 0 aliphatic carbocycles. The van der Waals surface area contributed by atoms with Crippen LogP contribution in [0.25, 0.3) is 16.6 Å². The van der Waals surface area contributed by atoms with E-state index in [1.807, 2.05) is 0 Å². The molecule has 0 fully saturated rings. The van der Waals surface area contributed by atoms with Gasteiger partial charge in [-0.1, -0.05) is 23.9 Å². The second-order valence-electron chi connectivity index (χ2n) is 6.91. The first kappa shape index (κ1) is 23.5. The SMILES string of the molecule is O=C(CSc1nc2ccccc2c(=O)n1-c1ccc(F)cc1F)Nc1ccc([N+](=O)[O-])cc1Br. The van der Waals surface area contributed by atoms with Gasteiger partial charge in [-0.25, -0.2) is 13.8 Å². The number of halogens is 3. The van der Waals surface area contributed by atoms with Gasteiger partial charge in [-0.05, 0) is 46.3 Å². The molecule has 0 atom stereocenters. The molecule has 1 N–H and O–H groups in total. The number of thioether (sulfide) groups is 1. The Morgan fingerprint density at radius 1 is 1.15 bits per heavy atom. The summed E-state index contributed by atoms with van der Waals surface area (Å²) < 4.78 is 29.3.